The lowest BCUT2D eigenvalue weighted by atomic mass is 10.1. The molecule has 0 spiro atoms. The van der Waals surface area contributed by atoms with E-state index < -0.39 is 0 Å². The Morgan fingerprint density at radius 1 is 1.31 bits per heavy atom. The summed E-state index contributed by atoms with van der Waals surface area (Å²) in [5.41, 5.74) is 2.47. The predicted molar refractivity (Wildman–Crippen MR) is 122 cm³/mol. The van der Waals surface area contributed by atoms with Gasteiger partial charge in [-0.25, -0.2) is 4.98 Å². The number of guanidine groups is 1. The molecule has 2 heterocycles. The van der Waals surface area contributed by atoms with Crippen molar-refractivity contribution >= 4 is 17.3 Å². The third-order valence-electron chi connectivity index (χ3n) is 5.24. The minimum atomic E-state index is 0.566. The van der Waals surface area contributed by atoms with Crippen LogP contribution in [0.3, 0.4) is 0 Å². The number of nitrogens with zero attached hydrogens (tertiary/aromatic N) is 3. The highest BCUT2D eigenvalue weighted by Gasteiger charge is 2.25. The number of thiazole rings is 1. The highest BCUT2D eigenvalue weighted by atomic mass is 32.1. The van der Waals surface area contributed by atoms with Crippen LogP contribution >= 0.6 is 11.3 Å². The van der Waals surface area contributed by atoms with Gasteiger partial charge in [0, 0.05) is 43.4 Å². The molecule has 0 aliphatic carbocycles. The fraction of sp³-hybridized carbons (Fsp3) is 0.565. The maximum absolute atomic E-state index is 5.96. The molecule has 1 fully saturated rings. The van der Waals surface area contributed by atoms with E-state index in [1.807, 2.05) is 17.4 Å². The topological polar surface area (TPSA) is 49.8 Å². The standard InChI is InChI=1S/C23H34N4OS/c1-4-21-18(3)29-22(26-21)11-13-25-23(24-5-2)27-14-12-20(15-27)17-28-16-19-9-7-6-8-10-19/h6-10,20H,4-5,11-17H2,1-3H3,(H,24,25). The average molecular weight is 415 g/mol. The summed E-state index contributed by atoms with van der Waals surface area (Å²) < 4.78 is 5.96. The summed E-state index contributed by atoms with van der Waals surface area (Å²) in [6.07, 6.45) is 3.08. The van der Waals surface area contributed by atoms with E-state index in [1.54, 1.807) is 0 Å². The van der Waals surface area contributed by atoms with Crippen molar-refractivity contribution < 1.29 is 4.74 Å². The molecule has 1 aliphatic rings. The van der Waals surface area contributed by atoms with Crippen LogP contribution in [0.5, 0.6) is 0 Å². The molecule has 6 heteroatoms. The largest absolute Gasteiger partial charge is 0.376 e. The van der Waals surface area contributed by atoms with Crippen molar-refractivity contribution in [3.63, 3.8) is 0 Å². The molecule has 5 nitrogen and oxygen atoms in total. The Morgan fingerprint density at radius 2 is 2.14 bits per heavy atom. The summed E-state index contributed by atoms with van der Waals surface area (Å²) in [5, 5.41) is 4.66. The van der Waals surface area contributed by atoms with Gasteiger partial charge in [-0.1, -0.05) is 37.3 Å². The molecule has 1 saturated heterocycles. The summed E-state index contributed by atoms with van der Waals surface area (Å²) >= 11 is 1.81. The van der Waals surface area contributed by atoms with Crippen molar-refractivity contribution in [3.8, 4) is 0 Å². The molecule has 0 saturated carbocycles. The summed E-state index contributed by atoms with van der Waals surface area (Å²) in [6.45, 7) is 11.7. The van der Waals surface area contributed by atoms with Crippen molar-refractivity contribution in [2.24, 2.45) is 10.9 Å². The van der Waals surface area contributed by atoms with Gasteiger partial charge in [0.15, 0.2) is 5.96 Å². The minimum Gasteiger partial charge on any atom is -0.376 e. The maximum atomic E-state index is 5.96. The molecule has 2 aromatic rings. The summed E-state index contributed by atoms with van der Waals surface area (Å²) in [7, 11) is 0. The van der Waals surface area contributed by atoms with Gasteiger partial charge in [-0.3, -0.25) is 4.99 Å². The van der Waals surface area contributed by atoms with Crippen molar-refractivity contribution in [2.75, 3.05) is 32.8 Å². The number of nitrogens with one attached hydrogen (secondary N) is 1. The molecule has 1 N–H and O–H groups in total. The lowest BCUT2D eigenvalue weighted by molar-refractivity contribution is 0.0907. The Morgan fingerprint density at radius 3 is 2.86 bits per heavy atom. The summed E-state index contributed by atoms with van der Waals surface area (Å²) in [6, 6.07) is 10.4. The number of likely N-dealkylation sites (tertiary alicyclic amines) is 1. The van der Waals surface area contributed by atoms with Gasteiger partial charge < -0.3 is 15.0 Å². The fourth-order valence-corrected chi connectivity index (χ4v) is 4.70. The molecule has 1 atom stereocenters. The Bertz CT molecular complexity index is 774. The third kappa shape index (κ3) is 6.54. The number of hydrogen-bond acceptors (Lipinski definition) is 4. The van der Waals surface area contributed by atoms with Crippen molar-refractivity contribution in [2.45, 2.75) is 46.6 Å². The van der Waals surface area contributed by atoms with E-state index in [9.17, 15) is 0 Å². The molecule has 1 unspecified atom stereocenters. The second-order valence-corrected chi connectivity index (χ2v) is 8.84. The lowest BCUT2D eigenvalue weighted by Gasteiger charge is -2.21. The first-order valence-electron chi connectivity index (χ1n) is 10.8. The zero-order chi connectivity index (χ0) is 20.5. The van der Waals surface area contributed by atoms with Crippen molar-refractivity contribution in [1.29, 1.82) is 0 Å². The van der Waals surface area contributed by atoms with Gasteiger partial charge >= 0.3 is 0 Å². The number of hydrogen-bond donors (Lipinski definition) is 1. The first-order chi connectivity index (χ1) is 14.2. The van der Waals surface area contributed by atoms with Gasteiger partial charge in [0.05, 0.1) is 23.9 Å². The Kier molecular flexibility index (Phi) is 8.50. The Labute approximate surface area is 179 Å². The number of benzene rings is 1. The van der Waals surface area contributed by atoms with Gasteiger partial charge in [0.25, 0.3) is 0 Å². The van der Waals surface area contributed by atoms with E-state index in [-0.39, 0.29) is 0 Å². The molecule has 0 bridgehead atoms. The van der Waals surface area contributed by atoms with Gasteiger partial charge in [-0.15, -0.1) is 11.3 Å². The highest BCUT2D eigenvalue weighted by molar-refractivity contribution is 7.11. The molecular formula is C23H34N4OS. The predicted octanol–water partition coefficient (Wildman–Crippen LogP) is 4.06. The van der Waals surface area contributed by atoms with Crippen LogP contribution in [0, 0.1) is 12.8 Å². The zero-order valence-corrected chi connectivity index (χ0v) is 18.8. The molecule has 0 radical (unpaired) electrons. The molecule has 0 amide bonds. The number of aromatic nitrogens is 1. The van der Waals surface area contributed by atoms with E-state index in [2.05, 4.69) is 55.3 Å². The maximum Gasteiger partial charge on any atom is 0.193 e. The van der Waals surface area contributed by atoms with Crippen LogP contribution in [0.25, 0.3) is 0 Å². The van der Waals surface area contributed by atoms with Gasteiger partial charge in [0.2, 0.25) is 0 Å². The summed E-state index contributed by atoms with van der Waals surface area (Å²) in [5.74, 6) is 1.60. The number of ether oxygens (including phenoxy) is 1. The molecule has 1 aliphatic heterocycles. The fourth-order valence-electron chi connectivity index (χ4n) is 3.68. The first-order valence-corrected chi connectivity index (χ1v) is 11.6. The molecular weight excluding hydrogens is 380 g/mol. The lowest BCUT2D eigenvalue weighted by Crippen LogP contribution is -2.40. The quantitative estimate of drug-likeness (QED) is 0.497. The van der Waals surface area contributed by atoms with E-state index in [4.69, 9.17) is 14.7 Å². The molecule has 29 heavy (non-hydrogen) atoms. The molecule has 1 aromatic heterocycles. The number of rotatable bonds is 9. The number of aliphatic imine (C=N–C) groups is 1. The first kappa shape index (κ1) is 21.8. The third-order valence-corrected chi connectivity index (χ3v) is 6.32. The summed E-state index contributed by atoms with van der Waals surface area (Å²) in [4.78, 5) is 13.3. The van der Waals surface area contributed by atoms with E-state index in [0.717, 1.165) is 58.0 Å². The van der Waals surface area contributed by atoms with Crippen LogP contribution < -0.4 is 5.32 Å². The van der Waals surface area contributed by atoms with Crippen molar-refractivity contribution in [3.05, 3.63) is 51.5 Å². The second-order valence-electron chi connectivity index (χ2n) is 7.55. The van der Waals surface area contributed by atoms with Gasteiger partial charge in [-0.05, 0) is 32.3 Å². The van der Waals surface area contributed by atoms with Gasteiger partial charge in [-0.2, -0.15) is 0 Å². The highest BCUT2D eigenvalue weighted by Crippen LogP contribution is 2.19. The molecule has 158 valence electrons. The zero-order valence-electron chi connectivity index (χ0n) is 18.0. The van der Waals surface area contributed by atoms with E-state index >= 15 is 0 Å². The average Bonchev–Trinajstić information content (AvgIpc) is 3.34. The molecule has 1 aromatic carbocycles. The van der Waals surface area contributed by atoms with Crippen LogP contribution in [-0.2, 0) is 24.2 Å². The minimum absolute atomic E-state index is 0.566. The second kappa shape index (κ2) is 11.3. The normalized spacial score (nSPS) is 17.1. The van der Waals surface area contributed by atoms with E-state index in [1.165, 1.54) is 21.1 Å². The van der Waals surface area contributed by atoms with Crippen LogP contribution in [0.1, 0.15) is 41.4 Å². The van der Waals surface area contributed by atoms with Gasteiger partial charge in [0.1, 0.15) is 0 Å². The van der Waals surface area contributed by atoms with E-state index in [0.29, 0.717) is 12.5 Å². The smallest absolute Gasteiger partial charge is 0.193 e. The van der Waals surface area contributed by atoms with Crippen LogP contribution in [-0.4, -0.2) is 48.6 Å². The molecule has 3 rings (SSSR count). The Balaban J connectivity index is 1.46. The SMILES string of the molecule is CCNC(=NCCc1nc(CC)c(C)s1)N1CCC(COCc2ccccc2)C1. The number of aryl methyl sites for hydroxylation is 2. The van der Waals surface area contributed by atoms with Crippen LogP contribution in [0.15, 0.2) is 35.3 Å². The monoisotopic (exact) mass is 414 g/mol. The van der Waals surface area contributed by atoms with Crippen LogP contribution in [0.4, 0.5) is 0 Å². The Hall–Kier alpha value is -1.92. The van der Waals surface area contributed by atoms with Crippen LogP contribution in [0.2, 0.25) is 0 Å². The van der Waals surface area contributed by atoms with Crippen molar-refractivity contribution in [1.82, 2.24) is 15.2 Å².